The Morgan fingerprint density at radius 1 is 1.32 bits per heavy atom. The molecule has 2 heterocycles. The smallest absolute Gasteiger partial charge is 0.156 e. The summed E-state index contributed by atoms with van der Waals surface area (Å²) in [7, 11) is 0. The van der Waals surface area contributed by atoms with E-state index in [1.54, 1.807) is 6.20 Å². The number of benzene rings is 1. The van der Waals surface area contributed by atoms with Gasteiger partial charge in [0.15, 0.2) is 5.76 Å². The van der Waals surface area contributed by atoms with Gasteiger partial charge in [-0.05, 0) is 31.0 Å². The molecule has 0 unspecified atom stereocenters. The van der Waals surface area contributed by atoms with Crippen LogP contribution in [0, 0.1) is 0 Å². The van der Waals surface area contributed by atoms with E-state index in [2.05, 4.69) is 9.72 Å². The molecule has 1 aromatic carbocycles. The number of hydrogen-bond acceptors (Lipinski definition) is 4. The number of nitrogens with two attached hydrogens (primary N) is 1. The predicted molar refractivity (Wildman–Crippen MR) is 71.7 cm³/mol. The number of anilines is 1. The quantitative estimate of drug-likeness (QED) is 0.729. The number of hydrogen-bond donors (Lipinski definition) is 1. The lowest BCUT2D eigenvalue weighted by Crippen LogP contribution is -2.03. The molecular weight excluding hydrogens is 240 g/mol. The van der Waals surface area contributed by atoms with E-state index in [1.165, 1.54) is 12.8 Å². The first kappa shape index (κ1) is 10.6. The van der Waals surface area contributed by atoms with Crippen LogP contribution in [-0.4, -0.2) is 14.7 Å². The Morgan fingerprint density at radius 2 is 2.21 bits per heavy atom. The number of imidazole rings is 1. The van der Waals surface area contributed by atoms with Crippen molar-refractivity contribution in [2.45, 2.75) is 25.3 Å². The highest BCUT2D eigenvalue weighted by Gasteiger charge is 2.29. The highest BCUT2D eigenvalue weighted by molar-refractivity contribution is 5.80. The van der Waals surface area contributed by atoms with Gasteiger partial charge in [-0.25, -0.2) is 4.98 Å². The minimum absolute atomic E-state index is 0.580. The molecular formula is C14H14N4O. The second kappa shape index (κ2) is 3.85. The third-order valence-electron chi connectivity index (χ3n) is 3.55. The monoisotopic (exact) mass is 254 g/mol. The number of fused-ring (bicyclic) bond motifs is 1. The molecule has 1 fully saturated rings. The zero-order valence-electron chi connectivity index (χ0n) is 10.4. The Labute approximate surface area is 110 Å². The molecule has 2 aromatic heterocycles. The van der Waals surface area contributed by atoms with E-state index >= 15 is 0 Å². The summed E-state index contributed by atoms with van der Waals surface area (Å²) in [5, 5.41) is 3.76. The maximum Gasteiger partial charge on any atom is 0.156 e. The first-order valence-corrected chi connectivity index (χ1v) is 6.46. The SMILES string of the molecule is Nc1ccc2c(c1)nc(C1CC1)n2Cc1ccno1. The van der Waals surface area contributed by atoms with Crippen molar-refractivity contribution in [1.82, 2.24) is 14.7 Å². The van der Waals surface area contributed by atoms with Gasteiger partial charge in [0, 0.05) is 17.7 Å². The van der Waals surface area contributed by atoms with Crippen molar-refractivity contribution < 1.29 is 4.52 Å². The highest BCUT2D eigenvalue weighted by atomic mass is 16.5. The average Bonchev–Trinajstić information content (AvgIpc) is 3.00. The molecule has 19 heavy (non-hydrogen) atoms. The zero-order valence-corrected chi connectivity index (χ0v) is 10.4. The summed E-state index contributed by atoms with van der Waals surface area (Å²) in [6.45, 7) is 0.673. The van der Waals surface area contributed by atoms with E-state index in [-0.39, 0.29) is 0 Å². The molecule has 0 spiro atoms. The molecule has 4 rings (SSSR count). The second-order valence-electron chi connectivity index (χ2n) is 5.06. The van der Waals surface area contributed by atoms with Gasteiger partial charge in [0.05, 0.1) is 23.8 Å². The van der Waals surface area contributed by atoms with Gasteiger partial charge in [-0.15, -0.1) is 0 Å². The lowest BCUT2D eigenvalue weighted by atomic mass is 10.3. The largest absolute Gasteiger partial charge is 0.399 e. The Morgan fingerprint density at radius 3 is 2.95 bits per heavy atom. The van der Waals surface area contributed by atoms with E-state index in [1.807, 2.05) is 24.3 Å². The Balaban J connectivity index is 1.87. The summed E-state index contributed by atoms with van der Waals surface area (Å²) in [4.78, 5) is 4.74. The maximum atomic E-state index is 5.83. The number of aromatic nitrogens is 3. The molecule has 1 aliphatic rings. The van der Waals surface area contributed by atoms with Gasteiger partial charge in [-0.1, -0.05) is 5.16 Å². The fourth-order valence-electron chi connectivity index (χ4n) is 2.46. The second-order valence-corrected chi connectivity index (χ2v) is 5.06. The molecule has 0 radical (unpaired) electrons. The predicted octanol–water partition coefficient (Wildman–Crippen LogP) is 2.53. The van der Waals surface area contributed by atoms with Crippen molar-refractivity contribution in [3.05, 3.63) is 42.0 Å². The molecule has 5 heteroatoms. The van der Waals surface area contributed by atoms with E-state index in [4.69, 9.17) is 15.2 Å². The highest BCUT2D eigenvalue weighted by Crippen LogP contribution is 2.41. The van der Waals surface area contributed by atoms with Crippen LogP contribution < -0.4 is 5.73 Å². The Kier molecular flexibility index (Phi) is 2.15. The lowest BCUT2D eigenvalue weighted by molar-refractivity contribution is 0.376. The third-order valence-corrected chi connectivity index (χ3v) is 3.55. The van der Waals surface area contributed by atoms with Crippen molar-refractivity contribution in [2.24, 2.45) is 0 Å². The molecule has 0 bridgehead atoms. The molecule has 3 aromatic rings. The topological polar surface area (TPSA) is 69.9 Å². The normalized spacial score (nSPS) is 15.2. The summed E-state index contributed by atoms with van der Waals surface area (Å²) in [6, 6.07) is 7.76. The molecule has 0 atom stereocenters. The van der Waals surface area contributed by atoms with Crippen LogP contribution in [0.3, 0.4) is 0 Å². The van der Waals surface area contributed by atoms with E-state index in [9.17, 15) is 0 Å². The first-order chi connectivity index (χ1) is 9.31. The van der Waals surface area contributed by atoms with Crippen LogP contribution in [0.1, 0.15) is 30.3 Å². The van der Waals surface area contributed by atoms with Crippen LogP contribution in [0.5, 0.6) is 0 Å². The minimum Gasteiger partial charge on any atom is -0.399 e. The zero-order chi connectivity index (χ0) is 12.8. The van der Waals surface area contributed by atoms with E-state index in [0.717, 1.165) is 28.3 Å². The van der Waals surface area contributed by atoms with Gasteiger partial charge < -0.3 is 14.8 Å². The van der Waals surface area contributed by atoms with Gasteiger partial charge in [0.2, 0.25) is 0 Å². The van der Waals surface area contributed by atoms with Gasteiger partial charge in [-0.3, -0.25) is 0 Å². The summed E-state index contributed by atoms with van der Waals surface area (Å²) >= 11 is 0. The molecule has 0 amide bonds. The number of rotatable bonds is 3. The van der Waals surface area contributed by atoms with Crippen molar-refractivity contribution in [3.63, 3.8) is 0 Å². The molecule has 1 saturated carbocycles. The van der Waals surface area contributed by atoms with Crippen molar-refractivity contribution in [2.75, 3.05) is 5.73 Å². The van der Waals surface area contributed by atoms with Crippen LogP contribution in [0.4, 0.5) is 5.69 Å². The summed E-state index contributed by atoms with van der Waals surface area (Å²) in [5.74, 6) is 2.56. The van der Waals surface area contributed by atoms with Crippen LogP contribution in [0.15, 0.2) is 35.0 Å². The van der Waals surface area contributed by atoms with Crippen molar-refractivity contribution >= 4 is 16.7 Å². The van der Waals surface area contributed by atoms with Gasteiger partial charge in [0.25, 0.3) is 0 Å². The van der Waals surface area contributed by atoms with Gasteiger partial charge in [0.1, 0.15) is 5.82 Å². The van der Waals surface area contributed by atoms with E-state index in [0.29, 0.717) is 12.5 Å². The number of nitrogens with zero attached hydrogens (tertiary/aromatic N) is 3. The molecule has 1 aliphatic carbocycles. The third kappa shape index (κ3) is 1.78. The molecule has 96 valence electrons. The van der Waals surface area contributed by atoms with Crippen molar-refractivity contribution in [3.8, 4) is 0 Å². The fourth-order valence-corrected chi connectivity index (χ4v) is 2.46. The molecule has 0 aliphatic heterocycles. The summed E-state index contributed by atoms with van der Waals surface area (Å²) in [5.41, 5.74) is 8.65. The summed E-state index contributed by atoms with van der Waals surface area (Å²) in [6.07, 6.45) is 4.10. The average molecular weight is 254 g/mol. The lowest BCUT2D eigenvalue weighted by Gasteiger charge is -2.06. The summed E-state index contributed by atoms with van der Waals surface area (Å²) < 4.78 is 7.43. The maximum absolute atomic E-state index is 5.83. The molecule has 0 saturated heterocycles. The van der Waals surface area contributed by atoms with Gasteiger partial charge in [-0.2, -0.15) is 0 Å². The van der Waals surface area contributed by atoms with E-state index < -0.39 is 0 Å². The van der Waals surface area contributed by atoms with Crippen LogP contribution >= 0.6 is 0 Å². The molecule has 5 nitrogen and oxygen atoms in total. The van der Waals surface area contributed by atoms with Crippen LogP contribution in [0.2, 0.25) is 0 Å². The Bertz CT molecular complexity index is 725. The number of nitrogen functional groups attached to an aromatic ring is 1. The fraction of sp³-hybridized carbons (Fsp3) is 0.286. The van der Waals surface area contributed by atoms with Crippen molar-refractivity contribution in [1.29, 1.82) is 0 Å². The Hall–Kier alpha value is -2.30. The molecule has 2 N–H and O–H groups in total. The first-order valence-electron chi connectivity index (χ1n) is 6.46. The standard InChI is InChI=1S/C14H14N4O/c15-10-3-4-13-12(7-10)17-14(9-1-2-9)18(13)8-11-5-6-16-19-11/h3-7,9H,1-2,8,15H2. The van der Waals surface area contributed by atoms with Crippen LogP contribution in [-0.2, 0) is 6.54 Å². The van der Waals surface area contributed by atoms with Crippen LogP contribution in [0.25, 0.3) is 11.0 Å². The van der Waals surface area contributed by atoms with Gasteiger partial charge >= 0.3 is 0 Å². The minimum atomic E-state index is 0.580.